The third-order valence-electron chi connectivity index (χ3n) is 3.11. The van der Waals surface area contributed by atoms with Gasteiger partial charge in [0.15, 0.2) is 0 Å². The molecule has 0 saturated heterocycles. The molecule has 0 aliphatic carbocycles. The largest absolute Gasteiger partial charge is 0.344 e. The van der Waals surface area contributed by atoms with E-state index in [-0.39, 0.29) is 0 Å². The first-order valence-corrected chi connectivity index (χ1v) is 6.42. The van der Waals surface area contributed by atoms with Crippen LogP contribution in [-0.4, -0.2) is 4.57 Å². The Bertz CT molecular complexity index is 708. The lowest BCUT2D eigenvalue weighted by Crippen LogP contribution is -1.90. The molecule has 2 aromatic carbocycles. The smallest absolute Gasteiger partial charge is 0.0489 e. The Balaban J connectivity index is 2.28. The molecule has 0 radical (unpaired) electrons. The van der Waals surface area contributed by atoms with E-state index in [1.54, 1.807) is 6.07 Å². The molecule has 0 fully saturated rings. The lowest BCUT2D eigenvalue weighted by Gasteiger charge is -2.05. The SMILES string of the molecule is Cn1c(-c2cc(Cl)cc(Cl)c2)cc2ccccc21. The fraction of sp³-hybridized carbons (Fsp3) is 0.0667. The van der Waals surface area contributed by atoms with Crippen LogP contribution in [-0.2, 0) is 7.05 Å². The highest BCUT2D eigenvalue weighted by molar-refractivity contribution is 6.35. The van der Waals surface area contributed by atoms with Crippen molar-refractivity contribution in [2.24, 2.45) is 7.05 Å². The molecule has 0 aliphatic heterocycles. The van der Waals surface area contributed by atoms with E-state index in [9.17, 15) is 0 Å². The maximum absolute atomic E-state index is 6.06. The van der Waals surface area contributed by atoms with Gasteiger partial charge in [-0.25, -0.2) is 0 Å². The minimum absolute atomic E-state index is 0.655. The molecule has 90 valence electrons. The molecule has 0 unspecified atom stereocenters. The van der Waals surface area contributed by atoms with Crippen LogP contribution in [0.25, 0.3) is 22.2 Å². The standard InChI is InChI=1S/C15H11Cl2N/c1-18-14-5-3-2-4-10(14)8-15(18)11-6-12(16)9-13(17)7-11/h2-9H,1H3. The summed E-state index contributed by atoms with van der Waals surface area (Å²) in [6.45, 7) is 0. The highest BCUT2D eigenvalue weighted by Gasteiger charge is 2.08. The maximum atomic E-state index is 6.06. The van der Waals surface area contributed by atoms with E-state index in [1.165, 1.54) is 10.9 Å². The first kappa shape index (κ1) is 11.6. The molecule has 0 aliphatic rings. The molecule has 1 heterocycles. The molecular formula is C15H11Cl2N. The van der Waals surface area contributed by atoms with Gasteiger partial charge in [0, 0.05) is 39.3 Å². The van der Waals surface area contributed by atoms with Gasteiger partial charge in [-0.05, 0) is 30.3 Å². The van der Waals surface area contributed by atoms with Crippen LogP contribution in [0.2, 0.25) is 10.0 Å². The second-order valence-electron chi connectivity index (χ2n) is 4.31. The molecule has 1 nitrogen and oxygen atoms in total. The summed E-state index contributed by atoms with van der Waals surface area (Å²) in [5.41, 5.74) is 3.34. The average molecular weight is 276 g/mol. The number of rotatable bonds is 1. The Morgan fingerprint density at radius 1 is 0.889 bits per heavy atom. The highest BCUT2D eigenvalue weighted by Crippen LogP contribution is 2.31. The van der Waals surface area contributed by atoms with E-state index in [4.69, 9.17) is 23.2 Å². The Hall–Kier alpha value is -1.44. The van der Waals surface area contributed by atoms with Crippen molar-refractivity contribution in [2.75, 3.05) is 0 Å². The Morgan fingerprint density at radius 3 is 2.22 bits per heavy atom. The van der Waals surface area contributed by atoms with E-state index in [0.717, 1.165) is 11.3 Å². The normalized spacial score (nSPS) is 11.1. The summed E-state index contributed by atoms with van der Waals surface area (Å²) in [5.74, 6) is 0. The molecule has 0 bridgehead atoms. The Kier molecular flexibility index (Phi) is 2.81. The molecule has 3 heteroatoms. The second-order valence-corrected chi connectivity index (χ2v) is 5.18. The second kappa shape index (κ2) is 4.34. The van der Waals surface area contributed by atoms with Gasteiger partial charge in [0.1, 0.15) is 0 Å². The third-order valence-corrected chi connectivity index (χ3v) is 3.55. The number of aromatic nitrogens is 1. The van der Waals surface area contributed by atoms with E-state index >= 15 is 0 Å². The van der Waals surface area contributed by atoms with Crippen molar-refractivity contribution in [3.63, 3.8) is 0 Å². The van der Waals surface area contributed by atoms with Crippen molar-refractivity contribution in [1.29, 1.82) is 0 Å². The van der Waals surface area contributed by atoms with E-state index in [2.05, 4.69) is 22.8 Å². The first-order chi connectivity index (χ1) is 8.65. The van der Waals surface area contributed by atoms with Gasteiger partial charge in [-0.1, -0.05) is 41.4 Å². The predicted molar refractivity (Wildman–Crippen MR) is 78.4 cm³/mol. The molecule has 0 spiro atoms. The number of fused-ring (bicyclic) bond motifs is 1. The van der Waals surface area contributed by atoms with Crippen LogP contribution in [0.4, 0.5) is 0 Å². The molecule has 3 aromatic rings. The minimum Gasteiger partial charge on any atom is -0.344 e. The lowest BCUT2D eigenvalue weighted by atomic mass is 10.1. The van der Waals surface area contributed by atoms with Crippen molar-refractivity contribution >= 4 is 34.1 Å². The number of para-hydroxylation sites is 1. The van der Waals surface area contributed by atoms with Crippen molar-refractivity contribution in [3.8, 4) is 11.3 Å². The van der Waals surface area contributed by atoms with Gasteiger partial charge >= 0.3 is 0 Å². The summed E-state index contributed by atoms with van der Waals surface area (Å²) in [6.07, 6.45) is 0. The van der Waals surface area contributed by atoms with Gasteiger partial charge in [-0.2, -0.15) is 0 Å². The zero-order valence-corrected chi connectivity index (χ0v) is 11.3. The number of nitrogens with zero attached hydrogens (tertiary/aromatic N) is 1. The highest BCUT2D eigenvalue weighted by atomic mass is 35.5. The zero-order valence-electron chi connectivity index (χ0n) is 9.82. The van der Waals surface area contributed by atoms with Crippen LogP contribution < -0.4 is 0 Å². The molecule has 18 heavy (non-hydrogen) atoms. The van der Waals surface area contributed by atoms with Gasteiger partial charge < -0.3 is 4.57 Å². The molecule has 0 atom stereocenters. The van der Waals surface area contributed by atoms with Gasteiger partial charge in [-0.3, -0.25) is 0 Å². The van der Waals surface area contributed by atoms with Crippen molar-refractivity contribution in [3.05, 3.63) is 58.6 Å². The zero-order chi connectivity index (χ0) is 12.7. The summed E-state index contributed by atoms with van der Waals surface area (Å²) >= 11 is 12.1. The molecule has 0 N–H and O–H groups in total. The first-order valence-electron chi connectivity index (χ1n) is 5.66. The predicted octanol–water partition coefficient (Wildman–Crippen LogP) is 5.15. The Morgan fingerprint density at radius 2 is 1.56 bits per heavy atom. The minimum atomic E-state index is 0.655. The number of halogens is 2. The fourth-order valence-electron chi connectivity index (χ4n) is 2.27. The number of aryl methyl sites for hydroxylation is 1. The molecule has 0 amide bonds. The van der Waals surface area contributed by atoms with Crippen LogP contribution in [0, 0.1) is 0 Å². The number of hydrogen-bond acceptors (Lipinski definition) is 0. The van der Waals surface area contributed by atoms with Gasteiger partial charge in [0.05, 0.1) is 0 Å². The fourth-order valence-corrected chi connectivity index (χ4v) is 2.79. The maximum Gasteiger partial charge on any atom is 0.0489 e. The monoisotopic (exact) mass is 275 g/mol. The number of benzene rings is 2. The van der Waals surface area contributed by atoms with E-state index < -0.39 is 0 Å². The molecule has 0 saturated carbocycles. The Labute approximate surface area is 116 Å². The average Bonchev–Trinajstić information content (AvgIpc) is 2.66. The van der Waals surface area contributed by atoms with Crippen molar-refractivity contribution in [1.82, 2.24) is 4.57 Å². The third kappa shape index (κ3) is 1.90. The quantitative estimate of drug-likeness (QED) is 0.579. The van der Waals surface area contributed by atoms with Crippen LogP contribution in [0.1, 0.15) is 0 Å². The van der Waals surface area contributed by atoms with Crippen molar-refractivity contribution < 1.29 is 0 Å². The summed E-state index contributed by atoms with van der Waals surface area (Å²) in [4.78, 5) is 0. The van der Waals surface area contributed by atoms with Crippen LogP contribution in [0.15, 0.2) is 48.5 Å². The summed E-state index contributed by atoms with van der Waals surface area (Å²) in [7, 11) is 2.05. The molecule has 1 aromatic heterocycles. The van der Waals surface area contributed by atoms with E-state index in [1.807, 2.05) is 31.3 Å². The topological polar surface area (TPSA) is 4.93 Å². The summed E-state index contributed by atoms with van der Waals surface area (Å²) in [5, 5.41) is 2.52. The van der Waals surface area contributed by atoms with Gasteiger partial charge in [0.25, 0.3) is 0 Å². The lowest BCUT2D eigenvalue weighted by molar-refractivity contribution is 0.978. The molecule has 3 rings (SSSR count). The van der Waals surface area contributed by atoms with Crippen molar-refractivity contribution in [2.45, 2.75) is 0 Å². The van der Waals surface area contributed by atoms with E-state index in [0.29, 0.717) is 10.0 Å². The molecular weight excluding hydrogens is 265 g/mol. The van der Waals surface area contributed by atoms with Crippen LogP contribution in [0.5, 0.6) is 0 Å². The van der Waals surface area contributed by atoms with Gasteiger partial charge in [-0.15, -0.1) is 0 Å². The van der Waals surface area contributed by atoms with Gasteiger partial charge in [0.2, 0.25) is 0 Å². The summed E-state index contributed by atoms with van der Waals surface area (Å²) in [6, 6.07) is 16.0. The summed E-state index contributed by atoms with van der Waals surface area (Å²) < 4.78 is 2.15. The van der Waals surface area contributed by atoms with Crippen LogP contribution >= 0.6 is 23.2 Å². The number of hydrogen-bond donors (Lipinski definition) is 0. The van der Waals surface area contributed by atoms with Crippen LogP contribution in [0.3, 0.4) is 0 Å².